The van der Waals surface area contributed by atoms with Crippen molar-refractivity contribution < 1.29 is 4.79 Å². The largest absolute Gasteiger partial charge is 0.374 e. The van der Waals surface area contributed by atoms with Crippen molar-refractivity contribution in [3.05, 3.63) is 54.6 Å². The van der Waals surface area contributed by atoms with Gasteiger partial charge in [-0.3, -0.25) is 4.79 Å². The molecule has 1 fully saturated rings. The number of carbonyl (C=O) groups is 1. The summed E-state index contributed by atoms with van der Waals surface area (Å²) in [7, 11) is 0. The molecule has 1 saturated carbocycles. The number of hydrogen-bond donors (Lipinski definition) is 2. The SMILES string of the molecule is C[C@@H](Nc1ccc(-c2ccccc2)cc1)C(=O)NC1CCCC1. The Morgan fingerprint density at radius 2 is 1.57 bits per heavy atom. The summed E-state index contributed by atoms with van der Waals surface area (Å²) in [6, 6.07) is 18.7. The second-order valence-corrected chi connectivity index (χ2v) is 6.30. The van der Waals surface area contributed by atoms with Gasteiger partial charge in [-0.15, -0.1) is 0 Å². The standard InChI is InChI=1S/C20H24N2O/c1-15(20(23)22-18-9-5-6-10-18)21-19-13-11-17(12-14-19)16-7-3-2-4-8-16/h2-4,7-8,11-15,18,21H,5-6,9-10H2,1H3,(H,22,23)/t15-/m1/s1. The molecule has 2 aromatic carbocycles. The zero-order valence-electron chi connectivity index (χ0n) is 13.6. The van der Waals surface area contributed by atoms with E-state index in [1.165, 1.54) is 24.0 Å². The summed E-state index contributed by atoms with van der Waals surface area (Å²) in [5.74, 6) is 0.0871. The van der Waals surface area contributed by atoms with Gasteiger partial charge in [-0.05, 0) is 43.0 Å². The normalized spacial score (nSPS) is 16.0. The minimum absolute atomic E-state index is 0.0871. The van der Waals surface area contributed by atoms with E-state index >= 15 is 0 Å². The summed E-state index contributed by atoms with van der Waals surface area (Å²) in [4.78, 5) is 12.2. The molecule has 1 atom stereocenters. The number of hydrogen-bond acceptors (Lipinski definition) is 2. The maximum Gasteiger partial charge on any atom is 0.242 e. The first-order valence-corrected chi connectivity index (χ1v) is 8.45. The Labute approximate surface area is 138 Å². The predicted octanol–water partition coefficient (Wildman–Crippen LogP) is 4.21. The molecule has 0 bridgehead atoms. The summed E-state index contributed by atoms with van der Waals surface area (Å²) >= 11 is 0. The average molecular weight is 308 g/mol. The predicted molar refractivity (Wildman–Crippen MR) is 95.4 cm³/mol. The first-order chi connectivity index (χ1) is 11.2. The summed E-state index contributed by atoms with van der Waals surface area (Å²) in [6.07, 6.45) is 4.69. The van der Waals surface area contributed by atoms with Crippen LogP contribution in [0.15, 0.2) is 54.6 Å². The summed E-state index contributed by atoms with van der Waals surface area (Å²) in [5, 5.41) is 6.42. The molecule has 0 unspecified atom stereocenters. The van der Waals surface area contributed by atoms with Gasteiger partial charge in [0.15, 0.2) is 0 Å². The third-order valence-corrected chi connectivity index (χ3v) is 4.47. The summed E-state index contributed by atoms with van der Waals surface area (Å²) in [6.45, 7) is 1.91. The highest BCUT2D eigenvalue weighted by Crippen LogP contribution is 2.21. The zero-order valence-corrected chi connectivity index (χ0v) is 13.6. The van der Waals surface area contributed by atoms with E-state index < -0.39 is 0 Å². The molecule has 23 heavy (non-hydrogen) atoms. The van der Waals surface area contributed by atoms with Gasteiger partial charge in [0.2, 0.25) is 5.91 Å². The fourth-order valence-corrected chi connectivity index (χ4v) is 3.10. The Hall–Kier alpha value is -2.29. The number of amides is 1. The molecule has 0 heterocycles. The topological polar surface area (TPSA) is 41.1 Å². The van der Waals surface area contributed by atoms with E-state index in [0.29, 0.717) is 6.04 Å². The monoisotopic (exact) mass is 308 g/mol. The van der Waals surface area contributed by atoms with E-state index in [0.717, 1.165) is 18.5 Å². The first-order valence-electron chi connectivity index (χ1n) is 8.45. The van der Waals surface area contributed by atoms with Crippen molar-refractivity contribution in [2.24, 2.45) is 0 Å². The van der Waals surface area contributed by atoms with Crippen LogP contribution in [0, 0.1) is 0 Å². The molecule has 0 saturated heterocycles. The molecule has 0 radical (unpaired) electrons. The number of benzene rings is 2. The number of nitrogens with one attached hydrogen (secondary N) is 2. The lowest BCUT2D eigenvalue weighted by Gasteiger charge is -2.18. The summed E-state index contributed by atoms with van der Waals surface area (Å²) < 4.78 is 0. The maximum atomic E-state index is 12.2. The van der Waals surface area contributed by atoms with Crippen LogP contribution in [-0.2, 0) is 4.79 Å². The van der Waals surface area contributed by atoms with Crippen LogP contribution in [0.1, 0.15) is 32.6 Å². The highest BCUT2D eigenvalue weighted by atomic mass is 16.2. The Morgan fingerprint density at radius 1 is 0.957 bits per heavy atom. The van der Waals surface area contributed by atoms with Crippen LogP contribution < -0.4 is 10.6 Å². The van der Waals surface area contributed by atoms with Gasteiger partial charge in [-0.2, -0.15) is 0 Å². The molecule has 0 aliphatic heterocycles. The van der Waals surface area contributed by atoms with Gasteiger partial charge in [0.25, 0.3) is 0 Å². The van der Waals surface area contributed by atoms with Crippen molar-refractivity contribution in [1.29, 1.82) is 0 Å². The third kappa shape index (κ3) is 4.13. The van der Waals surface area contributed by atoms with Gasteiger partial charge in [0.05, 0.1) is 0 Å². The number of carbonyl (C=O) groups excluding carboxylic acids is 1. The highest BCUT2D eigenvalue weighted by molar-refractivity contribution is 5.84. The molecule has 3 heteroatoms. The maximum absolute atomic E-state index is 12.2. The molecule has 2 aromatic rings. The van der Waals surface area contributed by atoms with Crippen molar-refractivity contribution in [3.8, 4) is 11.1 Å². The van der Waals surface area contributed by atoms with E-state index in [-0.39, 0.29) is 11.9 Å². The fraction of sp³-hybridized carbons (Fsp3) is 0.350. The lowest BCUT2D eigenvalue weighted by molar-refractivity contribution is -0.122. The van der Waals surface area contributed by atoms with Crippen molar-refractivity contribution >= 4 is 11.6 Å². The van der Waals surface area contributed by atoms with Gasteiger partial charge in [0, 0.05) is 11.7 Å². The second-order valence-electron chi connectivity index (χ2n) is 6.30. The van der Waals surface area contributed by atoms with Gasteiger partial charge < -0.3 is 10.6 Å². The third-order valence-electron chi connectivity index (χ3n) is 4.47. The van der Waals surface area contributed by atoms with Crippen LogP contribution in [0.2, 0.25) is 0 Å². The minimum atomic E-state index is -0.224. The Balaban J connectivity index is 1.58. The molecular weight excluding hydrogens is 284 g/mol. The fourth-order valence-electron chi connectivity index (χ4n) is 3.10. The van der Waals surface area contributed by atoms with Crippen LogP contribution >= 0.6 is 0 Å². The highest BCUT2D eigenvalue weighted by Gasteiger charge is 2.20. The van der Waals surface area contributed by atoms with E-state index in [9.17, 15) is 4.79 Å². The van der Waals surface area contributed by atoms with Gasteiger partial charge in [0.1, 0.15) is 6.04 Å². The van der Waals surface area contributed by atoms with Crippen LogP contribution in [0.4, 0.5) is 5.69 Å². The van der Waals surface area contributed by atoms with Crippen molar-refractivity contribution in [2.75, 3.05) is 5.32 Å². The van der Waals surface area contributed by atoms with Gasteiger partial charge in [-0.25, -0.2) is 0 Å². The van der Waals surface area contributed by atoms with Crippen LogP contribution in [0.5, 0.6) is 0 Å². The Kier molecular flexibility index (Phi) is 4.96. The Bertz CT molecular complexity index is 630. The molecule has 120 valence electrons. The molecule has 3 rings (SSSR count). The van der Waals surface area contributed by atoms with E-state index in [2.05, 4.69) is 34.9 Å². The second kappa shape index (κ2) is 7.32. The van der Waals surface area contributed by atoms with Crippen LogP contribution in [-0.4, -0.2) is 18.0 Å². The lowest BCUT2D eigenvalue weighted by Crippen LogP contribution is -2.42. The van der Waals surface area contributed by atoms with E-state index in [1.807, 2.05) is 37.3 Å². The van der Waals surface area contributed by atoms with Crippen molar-refractivity contribution in [2.45, 2.75) is 44.7 Å². The first kappa shape index (κ1) is 15.6. The quantitative estimate of drug-likeness (QED) is 0.868. The lowest BCUT2D eigenvalue weighted by atomic mass is 10.1. The van der Waals surface area contributed by atoms with E-state index in [4.69, 9.17) is 0 Å². The molecule has 1 amide bonds. The summed E-state index contributed by atoms with van der Waals surface area (Å²) in [5.41, 5.74) is 3.35. The molecule has 0 spiro atoms. The smallest absolute Gasteiger partial charge is 0.242 e. The molecule has 1 aliphatic rings. The van der Waals surface area contributed by atoms with Gasteiger partial charge in [-0.1, -0.05) is 55.3 Å². The van der Waals surface area contributed by atoms with Crippen LogP contribution in [0.25, 0.3) is 11.1 Å². The minimum Gasteiger partial charge on any atom is -0.374 e. The number of rotatable bonds is 5. The molecule has 2 N–H and O–H groups in total. The van der Waals surface area contributed by atoms with Crippen LogP contribution in [0.3, 0.4) is 0 Å². The Morgan fingerprint density at radius 3 is 2.22 bits per heavy atom. The van der Waals surface area contributed by atoms with Crippen molar-refractivity contribution in [1.82, 2.24) is 5.32 Å². The molecule has 1 aliphatic carbocycles. The molecule has 3 nitrogen and oxygen atoms in total. The zero-order chi connectivity index (χ0) is 16.1. The molecule has 0 aromatic heterocycles. The molecular formula is C20H24N2O. The van der Waals surface area contributed by atoms with Gasteiger partial charge >= 0.3 is 0 Å². The average Bonchev–Trinajstić information content (AvgIpc) is 3.09. The number of anilines is 1. The van der Waals surface area contributed by atoms with Crippen molar-refractivity contribution in [3.63, 3.8) is 0 Å². The van der Waals surface area contributed by atoms with E-state index in [1.54, 1.807) is 0 Å².